The number of aromatic amines is 1. The van der Waals surface area contributed by atoms with Crippen LogP contribution in [0.25, 0.3) is 0 Å². The molecule has 0 unspecified atom stereocenters. The number of rotatable bonds is 10. The zero-order valence-electron chi connectivity index (χ0n) is 13.9. The second-order valence-corrected chi connectivity index (χ2v) is 5.96. The van der Waals surface area contributed by atoms with Gasteiger partial charge in [0.2, 0.25) is 0 Å². The highest BCUT2D eigenvalue weighted by molar-refractivity contribution is 5.71. The zero-order valence-corrected chi connectivity index (χ0v) is 13.9. The predicted octanol–water partition coefficient (Wildman–Crippen LogP) is 1.95. The van der Waals surface area contributed by atoms with E-state index in [0.717, 1.165) is 30.4 Å². The van der Waals surface area contributed by atoms with Gasteiger partial charge in [-0.3, -0.25) is 4.79 Å². The Morgan fingerprint density at radius 3 is 2.50 bits per heavy atom. The van der Waals surface area contributed by atoms with E-state index in [-0.39, 0.29) is 12.5 Å². The molecule has 0 aliphatic rings. The van der Waals surface area contributed by atoms with Crippen LogP contribution in [-0.4, -0.2) is 43.4 Å². The lowest BCUT2D eigenvalue weighted by Gasteiger charge is -2.21. The highest BCUT2D eigenvalue weighted by atomic mass is 16.4. The number of aliphatic hydroxyl groups excluding tert-OH is 1. The molecule has 2 rings (SSSR count). The minimum Gasteiger partial charge on any atom is -0.481 e. The van der Waals surface area contributed by atoms with Crippen LogP contribution < -0.4 is 0 Å². The first kappa shape index (κ1) is 18.1. The molecule has 0 spiro atoms. The molecule has 24 heavy (non-hydrogen) atoms. The Hall–Kier alpha value is -2.28. The summed E-state index contributed by atoms with van der Waals surface area (Å²) in [4.78, 5) is 11.7. The van der Waals surface area contributed by atoms with Crippen LogP contribution >= 0.6 is 0 Å². The van der Waals surface area contributed by atoms with Crippen LogP contribution in [0.15, 0.2) is 24.3 Å². The maximum Gasteiger partial charge on any atom is 0.307 e. The maximum absolute atomic E-state index is 11.7. The number of aryl methyl sites for hydroxylation is 1. The number of nitrogens with zero attached hydrogens (tertiary/aromatic N) is 3. The fourth-order valence-electron chi connectivity index (χ4n) is 2.93. The fourth-order valence-corrected chi connectivity index (χ4v) is 2.93. The molecule has 130 valence electrons. The van der Waals surface area contributed by atoms with Crippen LogP contribution in [0.1, 0.15) is 49.1 Å². The SMILES string of the molecule is CCC[C@H](C(=O)O)[C@H](Cc1ccc(CCCO)cc1)c1nn[nH]n1. The highest BCUT2D eigenvalue weighted by Gasteiger charge is 2.31. The minimum absolute atomic E-state index is 0.180. The van der Waals surface area contributed by atoms with E-state index in [1.165, 1.54) is 0 Å². The van der Waals surface area contributed by atoms with Crippen molar-refractivity contribution in [1.29, 1.82) is 0 Å². The zero-order chi connectivity index (χ0) is 17.4. The van der Waals surface area contributed by atoms with Crippen LogP contribution in [0.2, 0.25) is 0 Å². The summed E-state index contributed by atoms with van der Waals surface area (Å²) in [5, 5.41) is 32.5. The lowest BCUT2D eigenvalue weighted by Crippen LogP contribution is -2.25. The number of benzene rings is 1. The third-order valence-electron chi connectivity index (χ3n) is 4.20. The number of aliphatic carboxylic acids is 1. The number of H-pyrrole nitrogens is 1. The first-order valence-corrected chi connectivity index (χ1v) is 8.30. The topological polar surface area (TPSA) is 112 Å². The summed E-state index contributed by atoms with van der Waals surface area (Å²) in [7, 11) is 0. The molecule has 0 bridgehead atoms. The predicted molar refractivity (Wildman–Crippen MR) is 88.5 cm³/mol. The summed E-state index contributed by atoms with van der Waals surface area (Å²) in [6, 6.07) is 8.05. The van der Waals surface area contributed by atoms with E-state index in [4.69, 9.17) is 5.11 Å². The van der Waals surface area contributed by atoms with Crippen molar-refractivity contribution in [2.45, 2.75) is 44.9 Å². The van der Waals surface area contributed by atoms with Crippen molar-refractivity contribution in [2.75, 3.05) is 6.61 Å². The van der Waals surface area contributed by atoms with Crippen molar-refractivity contribution in [2.24, 2.45) is 5.92 Å². The number of nitrogens with one attached hydrogen (secondary N) is 1. The Morgan fingerprint density at radius 2 is 1.96 bits per heavy atom. The minimum atomic E-state index is -0.828. The molecular formula is C17H24N4O3. The fraction of sp³-hybridized carbons (Fsp3) is 0.529. The van der Waals surface area contributed by atoms with E-state index in [9.17, 15) is 9.90 Å². The second kappa shape index (κ2) is 9.12. The van der Waals surface area contributed by atoms with Gasteiger partial charge >= 0.3 is 5.97 Å². The number of hydrogen-bond donors (Lipinski definition) is 3. The lowest BCUT2D eigenvalue weighted by molar-refractivity contribution is -0.142. The first-order chi connectivity index (χ1) is 11.7. The van der Waals surface area contributed by atoms with Gasteiger partial charge in [0.1, 0.15) is 0 Å². The quantitative estimate of drug-likeness (QED) is 0.613. The number of aromatic nitrogens is 4. The molecule has 1 aromatic carbocycles. The molecule has 2 atom stereocenters. The van der Waals surface area contributed by atoms with Crippen molar-refractivity contribution in [3.05, 3.63) is 41.2 Å². The van der Waals surface area contributed by atoms with E-state index in [2.05, 4.69) is 20.6 Å². The smallest absolute Gasteiger partial charge is 0.307 e. The van der Waals surface area contributed by atoms with Gasteiger partial charge in [0.15, 0.2) is 5.82 Å². The Labute approximate surface area is 141 Å². The molecule has 7 heteroatoms. The Balaban J connectivity index is 2.17. The van der Waals surface area contributed by atoms with Gasteiger partial charge in [-0.15, -0.1) is 10.2 Å². The van der Waals surface area contributed by atoms with Gasteiger partial charge in [-0.25, -0.2) is 0 Å². The van der Waals surface area contributed by atoms with Gasteiger partial charge in [-0.05, 0) is 36.8 Å². The number of carboxylic acid groups (broad SMARTS) is 1. The molecule has 3 N–H and O–H groups in total. The molecule has 0 amide bonds. The number of hydrogen-bond acceptors (Lipinski definition) is 5. The molecule has 7 nitrogen and oxygen atoms in total. The van der Waals surface area contributed by atoms with E-state index in [0.29, 0.717) is 18.7 Å². The van der Waals surface area contributed by atoms with Gasteiger partial charge < -0.3 is 10.2 Å². The van der Waals surface area contributed by atoms with Gasteiger partial charge in [-0.2, -0.15) is 5.21 Å². The second-order valence-electron chi connectivity index (χ2n) is 5.96. The Bertz CT molecular complexity index is 613. The average Bonchev–Trinajstić information content (AvgIpc) is 3.11. The van der Waals surface area contributed by atoms with Crippen LogP contribution in [0.4, 0.5) is 0 Å². The third-order valence-corrected chi connectivity index (χ3v) is 4.20. The van der Waals surface area contributed by atoms with Crippen LogP contribution in [0.5, 0.6) is 0 Å². The molecule has 0 saturated carbocycles. The van der Waals surface area contributed by atoms with E-state index in [1.807, 2.05) is 31.2 Å². The molecule has 0 aliphatic heterocycles. The molecule has 0 fully saturated rings. The first-order valence-electron chi connectivity index (χ1n) is 8.30. The summed E-state index contributed by atoms with van der Waals surface area (Å²) in [6.07, 6.45) is 3.48. The van der Waals surface area contributed by atoms with Gasteiger partial charge in [-0.1, -0.05) is 42.8 Å². The average molecular weight is 332 g/mol. The molecule has 0 radical (unpaired) electrons. The van der Waals surface area contributed by atoms with E-state index >= 15 is 0 Å². The number of carboxylic acids is 1. The number of carbonyl (C=O) groups is 1. The Kier molecular flexibility index (Phi) is 6.87. The molecule has 0 aliphatic carbocycles. The van der Waals surface area contributed by atoms with Crippen molar-refractivity contribution in [3.63, 3.8) is 0 Å². The van der Waals surface area contributed by atoms with Gasteiger partial charge in [0.25, 0.3) is 0 Å². The third kappa shape index (κ3) is 4.86. The highest BCUT2D eigenvalue weighted by Crippen LogP contribution is 2.29. The molecule has 2 aromatic rings. The van der Waals surface area contributed by atoms with E-state index in [1.54, 1.807) is 0 Å². The van der Waals surface area contributed by atoms with Crippen LogP contribution in [0, 0.1) is 5.92 Å². The summed E-state index contributed by atoms with van der Waals surface area (Å²) in [6.45, 7) is 2.15. The van der Waals surface area contributed by atoms with Crippen molar-refractivity contribution in [1.82, 2.24) is 20.6 Å². The monoisotopic (exact) mass is 332 g/mol. The molecule has 0 saturated heterocycles. The summed E-state index contributed by atoms with van der Waals surface area (Å²) in [5.41, 5.74) is 2.20. The molecule has 1 aromatic heterocycles. The normalized spacial score (nSPS) is 13.6. The van der Waals surface area contributed by atoms with Crippen molar-refractivity contribution < 1.29 is 15.0 Å². The lowest BCUT2D eigenvalue weighted by atomic mass is 9.83. The van der Waals surface area contributed by atoms with Crippen molar-refractivity contribution >= 4 is 5.97 Å². The maximum atomic E-state index is 11.7. The van der Waals surface area contributed by atoms with Crippen LogP contribution in [0.3, 0.4) is 0 Å². The summed E-state index contributed by atoms with van der Waals surface area (Å²) in [5.74, 6) is -1.24. The molecule has 1 heterocycles. The van der Waals surface area contributed by atoms with Gasteiger partial charge in [0, 0.05) is 12.5 Å². The summed E-state index contributed by atoms with van der Waals surface area (Å²) >= 11 is 0. The Morgan fingerprint density at radius 1 is 1.25 bits per heavy atom. The number of aliphatic hydroxyl groups is 1. The van der Waals surface area contributed by atoms with Crippen molar-refractivity contribution in [3.8, 4) is 0 Å². The summed E-state index contributed by atoms with van der Waals surface area (Å²) < 4.78 is 0. The largest absolute Gasteiger partial charge is 0.481 e. The van der Waals surface area contributed by atoms with Gasteiger partial charge in [0.05, 0.1) is 5.92 Å². The van der Waals surface area contributed by atoms with Crippen LogP contribution in [-0.2, 0) is 17.6 Å². The molecular weight excluding hydrogens is 308 g/mol. The standard InChI is InChI=1S/C17H24N4O3/c1-2-4-14(17(23)24)15(16-18-20-21-19-16)11-13-8-6-12(7-9-13)5-3-10-22/h6-9,14-15,22H,2-5,10-11H2,1H3,(H,23,24)(H,18,19,20,21)/t14-,15-/m0/s1. The number of tetrazole rings is 1. The van der Waals surface area contributed by atoms with E-state index < -0.39 is 11.9 Å².